The van der Waals surface area contributed by atoms with Crippen molar-refractivity contribution < 1.29 is 4.74 Å². The highest BCUT2D eigenvalue weighted by Crippen LogP contribution is 2.47. The zero-order valence-corrected chi connectivity index (χ0v) is 12.6. The largest absolute Gasteiger partial charge is 0.375 e. The van der Waals surface area contributed by atoms with E-state index in [1.54, 1.807) is 0 Å². The molecule has 2 heterocycles. The van der Waals surface area contributed by atoms with Crippen LogP contribution >= 0.6 is 0 Å². The van der Waals surface area contributed by atoms with E-state index in [4.69, 9.17) is 10.6 Å². The van der Waals surface area contributed by atoms with Crippen LogP contribution in [0.1, 0.15) is 56.5 Å². The molecule has 2 aliphatic rings. The maximum atomic E-state index is 6.03. The summed E-state index contributed by atoms with van der Waals surface area (Å²) in [6, 6.07) is 2.36. The predicted molar refractivity (Wildman–Crippen MR) is 77.9 cm³/mol. The van der Waals surface area contributed by atoms with Gasteiger partial charge in [-0.1, -0.05) is 6.92 Å². The molecular weight excluding hydrogens is 252 g/mol. The summed E-state index contributed by atoms with van der Waals surface area (Å²) >= 11 is 0. The Morgan fingerprint density at radius 2 is 2.40 bits per heavy atom. The number of aryl methyl sites for hydroxylation is 2. The van der Waals surface area contributed by atoms with Crippen molar-refractivity contribution in [2.24, 2.45) is 18.8 Å². The van der Waals surface area contributed by atoms with Gasteiger partial charge in [-0.15, -0.1) is 0 Å². The van der Waals surface area contributed by atoms with Crippen molar-refractivity contribution in [1.29, 1.82) is 0 Å². The summed E-state index contributed by atoms with van der Waals surface area (Å²) in [5, 5.41) is 4.55. The van der Waals surface area contributed by atoms with Crippen LogP contribution in [-0.2, 0) is 18.2 Å². The molecule has 0 aromatic carbocycles. The molecule has 1 aliphatic heterocycles. The molecule has 5 nitrogen and oxygen atoms in total. The summed E-state index contributed by atoms with van der Waals surface area (Å²) in [7, 11) is 2.01. The first-order valence-corrected chi connectivity index (χ1v) is 7.80. The molecule has 1 spiro atoms. The van der Waals surface area contributed by atoms with Gasteiger partial charge in [-0.2, -0.15) is 5.10 Å². The van der Waals surface area contributed by atoms with Crippen LogP contribution < -0.4 is 11.3 Å². The lowest BCUT2D eigenvalue weighted by atomic mass is 9.70. The summed E-state index contributed by atoms with van der Waals surface area (Å²) in [6.45, 7) is 3.00. The van der Waals surface area contributed by atoms with Crippen molar-refractivity contribution in [2.45, 2.75) is 57.1 Å². The van der Waals surface area contributed by atoms with Gasteiger partial charge >= 0.3 is 0 Å². The monoisotopic (exact) mass is 278 g/mol. The van der Waals surface area contributed by atoms with E-state index in [1.807, 2.05) is 11.7 Å². The Labute approximate surface area is 120 Å². The molecule has 20 heavy (non-hydrogen) atoms. The fourth-order valence-corrected chi connectivity index (χ4v) is 3.74. The SMILES string of the molecule is CCc1cc(C(NN)C2CCOC3(CCC3)C2)n(C)n1. The maximum absolute atomic E-state index is 6.03. The van der Waals surface area contributed by atoms with E-state index in [2.05, 4.69) is 23.5 Å². The molecular formula is C15H26N4O. The molecule has 1 saturated heterocycles. The van der Waals surface area contributed by atoms with Gasteiger partial charge in [0.05, 0.1) is 23.0 Å². The van der Waals surface area contributed by atoms with Crippen LogP contribution in [0.3, 0.4) is 0 Å². The second-order valence-corrected chi connectivity index (χ2v) is 6.32. The van der Waals surface area contributed by atoms with Crippen LogP contribution in [0.2, 0.25) is 0 Å². The molecule has 5 heteroatoms. The predicted octanol–water partition coefficient (Wildman–Crippen LogP) is 1.84. The number of rotatable bonds is 4. The third kappa shape index (κ3) is 2.38. The summed E-state index contributed by atoms with van der Waals surface area (Å²) in [6.07, 6.45) is 6.89. The first kappa shape index (κ1) is 14.0. The minimum absolute atomic E-state index is 0.157. The minimum atomic E-state index is 0.157. The van der Waals surface area contributed by atoms with Gasteiger partial charge in [-0.3, -0.25) is 16.0 Å². The number of nitrogens with two attached hydrogens (primary N) is 1. The maximum Gasteiger partial charge on any atom is 0.0686 e. The van der Waals surface area contributed by atoms with Crippen LogP contribution in [0, 0.1) is 5.92 Å². The first-order valence-electron chi connectivity index (χ1n) is 7.80. The minimum Gasteiger partial charge on any atom is -0.375 e. The quantitative estimate of drug-likeness (QED) is 0.651. The zero-order chi connectivity index (χ0) is 14.2. The van der Waals surface area contributed by atoms with E-state index in [-0.39, 0.29) is 11.6 Å². The van der Waals surface area contributed by atoms with E-state index >= 15 is 0 Å². The molecule has 2 fully saturated rings. The Hall–Kier alpha value is -0.910. The third-order valence-electron chi connectivity index (χ3n) is 5.09. The van der Waals surface area contributed by atoms with Gasteiger partial charge < -0.3 is 4.74 Å². The van der Waals surface area contributed by atoms with Crippen molar-refractivity contribution >= 4 is 0 Å². The molecule has 0 bridgehead atoms. The molecule has 1 saturated carbocycles. The van der Waals surface area contributed by atoms with Gasteiger partial charge in [0, 0.05) is 13.7 Å². The molecule has 1 aromatic rings. The first-order chi connectivity index (χ1) is 9.67. The zero-order valence-electron chi connectivity index (χ0n) is 12.6. The fourth-order valence-electron chi connectivity index (χ4n) is 3.74. The average molecular weight is 278 g/mol. The van der Waals surface area contributed by atoms with E-state index in [9.17, 15) is 0 Å². The number of hydrogen-bond acceptors (Lipinski definition) is 4. The fraction of sp³-hybridized carbons (Fsp3) is 0.800. The normalized spacial score (nSPS) is 26.4. The van der Waals surface area contributed by atoms with Gasteiger partial charge in [-0.25, -0.2) is 0 Å². The average Bonchev–Trinajstić information content (AvgIpc) is 2.80. The highest BCUT2D eigenvalue weighted by atomic mass is 16.5. The van der Waals surface area contributed by atoms with E-state index in [1.165, 1.54) is 25.0 Å². The smallest absolute Gasteiger partial charge is 0.0686 e. The molecule has 0 radical (unpaired) electrons. The molecule has 3 N–H and O–H groups in total. The molecule has 3 rings (SSSR count). The van der Waals surface area contributed by atoms with Crippen LogP contribution in [0.5, 0.6) is 0 Å². The summed E-state index contributed by atoms with van der Waals surface area (Å²) in [5.74, 6) is 6.41. The van der Waals surface area contributed by atoms with E-state index in [0.29, 0.717) is 5.92 Å². The van der Waals surface area contributed by atoms with Crippen LogP contribution in [0.25, 0.3) is 0 Å². The lowest BCUT2D eigenvalue weighted by Gasteiger charge is -2.48. The number of nitrogens with one attached hydrogen (secondary N) is 1. The topological polar surface area (TPSA) is 65.1 Å². The van der Waals surface area contributed by atoms with Crippen molar-refractivity contribution in [2.75, 3.05) is 6.61 Å². The summed E-state index contributed by atoms with van der Waals surface area (Å²) in [4.78, 5) is 0. The number of ether oxygens (including phenoxy) is 1. The Morgan fingerprint density at radius 3 is 2.95 bits per heavy atom. The second-order valence-electron chi connectivity index (χ2n) is 6.32. The number of nitrogens with zero attached hydrogens (tertiary/aromatic N) is 2. The number of aromatic nitrogens is 2. The van der Waals surface area contributed by atoms with Crippen molar-refractivity contribution in [1.82, 2.24) is 15.2 Å². The van der Waals surface area contributed by atoms with E-state index < -0.39 is 0 Å². The van der Waals surface area contributed by atoms with Crippen molar-refractivity contribution in [3.8, 4) is 0 Å². The lowest BCUT2D eigenvalue weighted by molar-refractivity contribution is -0.147. The Morgan fingerprint density at radius 1 is 1.60 bits per heavy atom. The molecule has 112 valence electrons. The van der Waals surface area contributed by atoms with Gasteiger partial charge in [0.25, 0.3) is 0 Å². The molecule has 2 atom stereocenters. The Kier molecular flexibility index (Phi) is 3.84. The third-order valence-corrected chi connectivity index (χ3v) is 5.09. The molecule has 2 unspecified atom stereocenters. The van der Waals surface area contributed by atoms with Crippen LogP contribution in [0.4, 0.5) is 0 Å². The van der Waals surface area contributed by atoms with Crippen LogP contribution in [0.15, 0.2) is 6.07 Å². The van der Waals surface area contributed by atoms with E-state index in [0.717, 1.165) is 31.6 Å². The van der Waals surface area contributed by atoms with Crippen molar-refractivity contribution in [3.05, 3.63) is 17.5 Å². The highest BCUT2D eigenvalue weighted by molar-refractivity contribution is 5.16. The Balaban J connectivity index is 1.79. The number of hydrazine groups is 1. The highest BCUT2D eigenvalue weighted by Gasteiger charge is 2.44. The van der Waals surface area contributed by atoms with Gasteiger partial charge in [-0.05, 0) is 50.5 Å². The molecule has 0 amide bonds. The molecule has 1 aliphatic carbocycles. The summed E-state index contributed by atoms with van der Waals surface area (Å²) in [5.41, 5.74) is 5.53. The second kappa shape index (κ2) is 5.47. The summed E-state index contributed by atoms with van der Waals surface area (Å²) < 4.78 is 8.01. The lowest BCUT2D eigenvalue weighted by Crippen LogP contribution is -2.49. The Bertz CT molecular complexity index is 466. The van der Waals surface area contributed by atoms with Crippen LogP contribution in [-0.4, -0.2) is 22.0 Å². The van der Waals surface area contributed by atoms with Crippen molar-refractivity contribution in [3.63, 3.8) is 0 Å². The number of hydrogen-bond donors (Lipinski definition) is 2. The van der Waals surface area contributed by atoms with Gasteiger partial charge in [0.15, 0.2) is 0 Å². The molecule has 1 aromatic heterocycles. The van der Waals surface area contributed by atoms with Gasteiger partial charge in [0.2, 0.25) is 0 Å². The van der Waals surface area contributed by atoms with Gasteiger partial charge in [0.1, 0.15) is 0 Å². The standard InChI is InChI=1S/C15H26N4O/c1-3-12-9-13(19(2)18-12)14(17-16)11-5-8-20-15(10-11)6-4-7-15/h9,11,14,17H,3-8,10,16H2,1-2H3.